The molecule has 1 heterocycles. The minimum atomic E-state index is -0.387. The van der Waals surface area contributed by atoms with Gasteiger partial charge < -0.3 is 15.0 Å². The van der Waals surface area contributed by atoms with Crippen LogP contribution in [0.3, 0.4) is 0 Å². The van der Waals surface area contributed by atoms with Crippen molar-refractivity contribution in [3.8, 4) is 0 Å². The van der Waals surface area contributed by atoms with Crippen LogP contribution in [0, 0.1) is 5.92 Å². The van der Waals surface area contributed by atoms with Crippen LogP contribution in [0.15, 0.2) is 0 Å². The molecule has 0 aromatic rings. The highest BCUT2D eigenvalue weighted by Crippen LogP contribution is 2.12. The molecule has 88 valence electrons. The summed E-state index contributed by atoms with van der Waals surface area (Å²) >= 11 is 0. The number of rotatable bonds is 1. The number of carbonyl (C=O) groups is 1. The highest BCUT2D eigenvalue weighted by Gasteiger charge is 2.27. The van der Waals surface area contributed by atoms with E-state index in [1.807, 2.05) is 27.8 Å². The molecule has 0 spiro atoms. The fourth-order valence-corrected chi connectivity index (χ4v) is 1.62. The van der Waals surface area contributed by atoms with Gasteiger partial charge in [-0.3, -0.25) is 4.79 Å². The van der Waals surface area contributed by atoms with E-state index >= 15 is 0 Å². The van der Waals surface area contributed by atoms with E-state index in [9.17, 15) is 4.79 Å². The molecule has 15 heavy (non-hydrogen) atoms. The number of likely N-dealkylation sites (N-methyl/N-ethyl adjacent to an activating group) is 1. The third-order valence-corrected chi connectivity index (χ3v) is 2.33. The van der Waals surface area contributed by atoms with E-state index in [-0.39, 0.29) is 17.5 Å². The summed E-state index contributed by atoms with van der Waals surface area (Å²) in [5.74, 6) is -0.138. The number of ether oxygens (including phenoxy) is 1. The highest BCUT2D eigenvalue weighted by molar-refractivity contribution is 5.73. The van der Waals surface area contributed by atoms with Gasteiger partial charge in [0.15, 0.2) is 0 Å². The molecule has 4 nitrogen and oxygen atoms in total. The number of carbonyl (C=O) groups excluding carboxylic acids is 1. The van der Waals surface area contributed by atoms with Crippen molar-refractivity contribution in [2.45, 2.75) is 26.4 Å². The van der Waals surface area contributed by atoms with Crippen LogP contribution in [-0.2, 0) is 9.53 Å². The molecule has 0 radical (unpaired) electrons. The number of nitrogens with one attached hydrogen (secondary N) is 1. The SMILES string of the molecule is CN1CCNCC(C(=O)OC(C)(C)C)C1. The van der Waals surface area contributed by atoms with E-state index in [0.717, 1.165) is 26.2 Å². The van der Waals surface area contributed by atoms with Gasteiger partial charge in [-0.1, -0.05) is 0 Å². The molecule has 4 heteroatoms. The van der Waals surface area contributed by atoms with Gasteiger partial charge in [-0.2, -0.15) is 0 Å². The lowest BCUT2D eigenvalue weighted by Crippen LogP contribution is -2.37. The molecule has 1 aliphatic heterocycles. The molecular weight excluding hydrogens is 192 g/mol. The Bertz CT molecular complexity index is 223. The average molecular weight is 214 g/mol. The zero-order valence-corrected chi connectivity index (χ0v) is 10.2. The lowest BCUT2D eigenvalue weighted by Gasteiger charge is -2.24. The molecule has 1 N–H and O–H groups in total. The first-order valence-corrected chi connectivity index (χ1v) is 5.50. The maximum atomic E-state index is 11.8. The molecule has 0 aliphatic carbocycles. The molecule has 1 unspecified atom stereocenters. The van der Waals surface area contributed by atoms with Gasteiger partial charge in [-0.25, -0.2) is 0 Å². The Kier molecular flexibility index (Phi) is 4.11. The first-order chi connectivity index (χ1) is 6.88. The van der Waals surface area contributed by atoms with Crippen molar-refractivity contribution in [2.75, 3.05) is 33.2 Å². The van der Waals surface area contributed by atoms with Gasteiger partial charge in [0.25, 0.3) is 0 Å². The van der Waals surface area contributed by atoms with E-state index in [1.165, 1.54) is 0 Å². The van der Waals surface area contributed by atoms with Gasteiger partial charge in [-0.05, 0) is 27.8 Å². The first-order valence-electron chi connectivity index (χ1n) is 5.50. The van der Waals surface area contributed by atoms with Crippen LogP contribution in [-0.4, -0.2) is 49.7 Å². The molecule has 1 saturated heterocycles. The summed E-state index contributed by atoms with van der Waals surface area (Å²) in [4.78, 5) is 14.0. The Balaban J connectivity index is 2.50. The maximum Gasteiger partial charge on any atom is 0.312 e. The van der Waals surface area contributed by atoms with Crippen LogP contribution in [0.25, 0.3) is 0 Å². The Morgan fingerprint density at radius 1 is 1.47 bits per heavy atom. The van der Waals surface area contributed by atoms with Crippen LogP contribution < -0.4 is 5.32 Å². The van der Waals surface area contributed by atoms with E-state index in [2.05, 4.69) is 10.2 Å². The van der Waals surface area contributed by atoms with Crippen molar-refractivity contribution < 1.29 is 9.53 Å². The van der Waals surface area contributed by atoms with Gasteiger partial charge >= 0.3 is 5.97 Å². The lowest BCUT2D eigenvalue weighted by atomic mass is 10.1. The number of hydrogen-bond acceptors (Lipinski definition) is 4. The van der Waals surface area contributed by atoms with Crippen molar-refractivity contribution in [1.82, 2.24) is 10.2 Å². The first kappa shape index (κ1) is 12.5. The Hall–Kier alpha value is -0.610. The summed E-state index contributed by atoms with van der Waals surface area (Å²) in [6.07, 6.45) is 0. The summed E-state index contributed by atoms with van der Waals surface area (Å²) in [5, 5.41) is 3.25. The number of nitrogens with zero attached hydrogens (tertiary/aromatic N) is 1. The zero-order chi connectivity index (χ0) is 11.5. The van der Waals surface area contributed by atoms with Crippen molar-refractivity contribution >= 4 is 5.97 Å². The molecule has 0 aromatic heterocycles. The maximum absolute atomic E-state index is 11.8. The van der Waals surface area contributed by atoms with Gasteiger partial charge in [0, 0.05) is 26.2 Å². The topological polar surface area (TPSA) is 41.6 Å². The molecule has 1 aliphatic rings. The molecular formula is C11H22N2O2. The van der Waals surface area contributed by atoms with E-state index < -0.39 is 0 Å². The quantitative estimate of drug-likeness (QED) is 0.645. The predicted octanol–water partition coefficient (Wildman–Crippen LogP) is 0.479. The second-order valence-corrected chi connectivity index (χ2v) is 5.20. The molecule has 1 rings (SSSR count). The lowest BCUT2D eigenvalue weighted by molar-refractivity contribution is -0.160. The molecule has 1 atom stereocenters. The normalized spacial score (nSPS) is 24.7. The molecule has 1 fully saturated rings. The Morgan fingerprint density at radius 3 is 2.73 bits per heavy atom. The molecule has 0 amide bonds. The van der Waals surface area contributed by atoms with Crippen molar-refractivity contribution in [3.05, 3.63) is 0 Å². The summed E-state index contributed by atoms with van der Waals surface area (Å²) in [7, 11) is 2.03. The van der Waals surface area contributed by atoms with Crippen LogP contribution in [0.1, 0.15) is 20.8 Å². The Labute approximate surface area is 92.0 Å². The molecule has 0 bridgehead atoms. The third-order valence-electron chi connectivity index (χ3n) is 2.33. The summed E-state index contributed by atoms with van der Waals surface area (Å²) in [6, 6.07) is 0. The standard InChI is InChI=1S/C11H22N2O2/c1-11(2,3)15-10(14)9-7-12-5-6-13(4)8-9/h9,12H,5-8H2,1-4H3. The van der Waals surface area contributed by atoms with E-state index in [1.54, 1.807) is 0 Å². The van der Waals surface area contributed by atoms with Crippen LogP contribution >= 0.6 is 0 Å². The fourth-order valence-electron chi connectivity index (χ4n) is 1.62. The smallest absolute Gasteiger partial charge is 0.312 e. The summed E-state index contributed by atoms with van der Waals surface area (Å²) in [6.45, 7) is 9.13. The largest absolute Gasteiger partial charge is 0.460 e. The van der Waals surface area contributed by atoms with Crippen molar-refractivity contribution in [1.29, 1.82) is 0 Å². The van der Waals surface area contributed by atoms with Crippen molar-refractivity contribution in [3.63, 3.8) is 0 Å². The fraction of sp³-hybridized carbons (Fsp3) is 0.909. The molecule has 0 aromatic carbocycles. The van der Waals surface area contributed by atoms with Crippen LogP contribution in [0.2, 0.25) is 0 Å². The van der Waals surface area contributed by atoms with Gasteiger partial charge in [0.2, 0.25) is 0 Å². The minimum absolute atomic E-state index is 0.0447. The highest BCUT2D eigenvalue weighted by atomic mass is 16.6. The van der Waals surface area contributed by atoms with Gasteiger partial charge in [0.1, 0.15) is 5.60 Å². The predicted molar refractivity (Wildman–Crippen MR) is 59.7 cm³/mol. The Morgan fingerprint density at radius 2 is 2.13 bits per heavy atom. The average Bonchev–Trinajstić information content (AvgIpc) is 2.26. The third kappa shape index (κ3) is 4.62. The second-order valence-electron chi connectivity index (χ2n) is 5.20. The van der Waals surface area contributed by atoms with Gasteiger partial charge in [0.05, 0.1) is 5.92 Å². The summed E-state index contributed by atoms with van der Waals surface area (Å²) < 4.78 is 5.38. The second kappa shape index (κ2) is 4.94. The number of esters is 1. The zero-order valence-electron chi connectivity index (χ0n) is 10.2. The van der Waals surface area contributed by atoms with Crippen LogP contribution in [0.5, 0.6) is 0 Å². The monoisotopic (exact) mass is 214 g/mol. The van der Waals surface area contributed by atoms with Crippen LogP contribution in [0.4, 0.5) is 0 Å². The van der Waals surface area contributed by atoms with Gasteiger partial charge in [-0.15, -0.1) is 0 Å². The minimum Gasteiger partial charge on any atom is -0.460 e. The van der Waals surface area contributed by atoms with Crippen molar-refractivity contribution in [2.24, 2.45) is 5.92 Å². The van der Waals surface area contributed by atoms with E-state index in [0.29, 0.717) is 0 Å². The number of hydrogen-bond donors (Lipinski definition) is 1. The molecule has 0 saturated carbocycles. The van der Waals surface area contributed by atoms with E-state index in [4.69, 9.17) is 4.74 Å². The summed E-state index contributed by atoms with van der Waals surface area (Å²) in [5.41, 5.74) is -0.387.